The van der Waals surface area contributed by atoms with Crippen LogP contribution < -0.4 is 10.6 Å². The smallest absolute Gasteiger partial charge is 0.224 e. The number of carbonyl (C=O) groups is 1. The largest absolute Gasteiger partial charge is 0.381 e. The summed E-state index contributed by atoms with van der Waals surface area (Å²) in [6, 6.07) is 9.36. The first-order valence-electron chi connectivity index (χ1n) is 8.17. The standard InChI is InChI=1S/C17H25N3O/c1-2-17(21)19-14-8-6-13(7-9-14)18-15-10-12-20-11-4-3-5-16(15)20/h6-9,15-16,18H,2-5,10-12H2,1H3,(H,19,21). The number of nitrogens with zero attached hydrogens (tertiary/aromatic N) is 1. The van der Waals surface area contributed by atoms with Crippen LogP contribution in [-0.4, -0.2) is 36.0 Å². The van der Waals surface area contributed by atoms with E-state index in [1.54, 1.807) is 0 Å². The molecule has 2 aliphatic rings. The van der Waals surface area contributed by atoms with Gasteiger partial charge in [-0.3, -0.25) is 9.69 Å². The van der Waals surface area contributed by atoms with E-state index in [-0.39, 0.29) is 5.91 Å². The number of amides is 1. The summed E-state index contributed by atoms with van der Waals surface area (Å²) in [5.41, 5.74) is 2.03. The van der Waals surface area contributed by atoms with E-state index >= 15 is 0 Å². The fraction of sp³-hybridized carbons (Fsp3) is 0.588. The molecular formula is C17H25N3O. The molecule has 21 heavy (non-hydrogen) atoms. The van der Waals surface area contributed by atoms with E-state index in [9.17, 15) is 4.79 Å². The zero-order valence-corrected chi connectivity index (χ0v) is 12.8. The van der Waals surface area contributed by atoms with Crippen LogP contribution in [0.5, 0.6) is 0 Å². The lowest BCUT2D eigenvalue weighted by atomic mass is 9.99. The van der Waals surface area contributed by atoms with Gasteiger partial charge in [-0.15, -0.1) is 0 Å². The summed E-state index contributed by atoms with van der Waals surface area (Å²) in [5.74, 6) is 0.0596. The molecular weight excluding hydrogens is 262 g/mol. The summed E-state index contributed by atoms with van der Waals surface area (Å²) >= 11 is 0. The van der Waals surface area contributed by atoms with E-state index in [1.165, 1.54) is 38.8 Å². The Bertz CT molecular complexity index is 485. The van der Waals surface area contributed by atoms with Gasteiger partial charge in [0.05, 0.1) is 0 Å². The minimum absolute atomic E-state index is 0.0596. The van der Waals surface area contributed by atoms with Crippen molar-refractivity contribution in [2.75, 3.05) is 23.7 Å². The molecule has 0 aromatic heterocycles. The molecule has 2 N–H and O–H groups in total. The highest BCUT2D eigenvalue weighted by atomic mass is 16.1. The summed E-state index contributed by atoms with van der Waals surface area (Å²) in [5, 5.41) is 6.56. The molecule has 4 nitrogen and oxygen atoms in total. The maximum Gasteiger partial charge on any atom is 0.224 e. The van der Waals surface area contributed by atoms with E-state index in [4.69, 9.17) is 0 Å². The summed E-state index contributed by atoms with van der Waals surface area (Å²) in [6.45, 7) is 4.36. The van der Waals surface area contributed by atoms with Gasteiger partial charge in [0.1, 0.15) is 0 Å². The van der Waals surface area contributed by atoms with E-state index in [1.807, 2.05) is 19.1 Å². The van der Waals surface area contributed by atoms with Crippen LogP contribution in [0.1, 0.15) is 39.0 Å². The van der Waals surface area contributed by atoms with Crippen molar-refractivity contribution < 1.29 is 4.79 Å². The Hall–Kier alpha value is -1.55. The summed E-state index contributed by atoms with van der Waals surface area (Å²) < 4.78 is 0. The molecule has 2 saturated heterocycles. The Kier molecular flexibility index (Phi) is 4.44. The molecule has 4 heteroatoms. The van der Waals surface area contributed by atoms with Crippen LogP contribution in [-0.2, 0) is 4.79 Å². The van der Waals surface area contributed by atoms with Gasteiger partial charge in [0.15, 0.2) is 0 Å². The molecule has 0 saturated carbocycles. The van der Waals surface area contributed by atoms with Gasteiger partial charge in [-0.2, -0.15) is 0 Å². The highest BCUT2D eigenvalue weighted by Gasteiger charge is 2.35. The molecule has 2 atom stereocenters. The van der Waals surface area contributed by atoms with Gasteiger partial charge in [-0.1, -0.05) is 13.3 Å². The Labute approximate surface area is 126 Å². The summed E-state index contributed by atoms with van der Waals surface area (Å²) in [7, 11) is 0. The monoisotopic (exact) mass is 287 g/mol. The van der Waals surface area contributed by atoms with Gasteiger partial charge in [0.25, 0.3) is 0 Å². The molecule has 2 unspecified atom stereocenters. The SMILES string of the molecule is CCC(=O)Nc1ccc(NC2CCN3CCCCC23)cc1. The van der Waals surface area contributed by atoms with Gasteiger partial charge < -0.3 is 10.6 Å². The molecule has 0 aliphatic carbocycles. The maximum atomic E-state index is 11.4. The van der Waals surface area contributed by atoms with Crippen molar-refractivity contribution >= 4 is 17.3 Å². The molecule has 1 amide bonds. The van der Waals surface area contributed by atoms with Crippen LogP contribution in [0.15, 0.2) is 24.3 Å². The van der Waals surface area contributed by atoms with Crippen molar-refractivity contribution in [1.29, 1.82) is 0 Å². The predicted octanol–water partition coefficient (Wildman–Crippen LogP) is 3.07. The highest BCUT2D eigenvalue weighted by Crippen LogP contribution is 2.29. The molecule has 2 aliphatic heterocycles. The number of fused-ring (bicyclic) bond motifs is 1. The third kappa shape index (κ3) is 3.38. The fourth-order valence-corrected chi connectivity index (χ4v) is 3.53. The van der Waals surface area contributed by atoms with Crippen molar-refractivity contribution in [1.82, 2.24) is 4.90 Å². The quantitative estimate of drug-likeness (QED) is 0.894. The normalized spacial score (nSPS) is 25.4. The van der Waals surface area contributed by atoms with Crippen LogP contribution in [0, 0.1) is 0 Å². The predicted molar refractivity (Wildman–Crippen MR) is 86.6 cm³/mol. The van der Waals surface area contributed by atoms with Crippen molar-refractivity contribution in [2.45, 2.75) is 51.1 Å². The molecule has 2 fully saturated rings. The number of piperidine rings is 1. The molecule has 1 aromatic carbocycles. The molecule has 114 valence electrons. The Morgan fingerprint density at radius 3 is 2.67 bits per heavy atom. The number of hydrogen-bond acceptors (Lipinski definition) is 3. The zero-order valence-electron chi connectivity index (χ0n) is 12.8. The Balaban J connectivity index is 1.59. The number of hydrogen-bond donors (Lipinski definition) is 2. The molecule has 0 bridgehead atoms. The fourth-order valence-electron chi connectivity index (χ4n) is 3.53. The maximum absolute atomic E-state index is 11.4. The van der Waals surface area contributed by atoms with Crippen LogP contribution in [0.3, 0.4) is 0 Å². The van der Waals surface area contributed by atoms with Crippen molar-refractivity contribution in [2.24, 2.45) is 0 Å². The average molecular weight is 287 g/mol. The van der Waals surface area contributed by atoms with Crippen molar-refractivity contribution in [3.63, 3.8) is 0 Å². The van der Waals surface area contributed by atoms with Gasteiger partial charge in [0.2, 0.25) is 5.91 Å². The Morgan fingerprint density at radius 2 is 1.90 bits per heavy atom. The number of anilines is 2. The summed E-state index contributed by atoms with van der Waals surface area (Å²) in [4.78, 5) is 14.0. The highest BCUT2D eigenvalue weighted by molar-refractivity contribution is 5.90. The van der Waals surface area contributed by atoms with Crippen molar-refractivity contribution in [3.8, 4) is 0 Å². The number of benzene rings is 1. The van der Waals surface area contributed by atoms with Gasteiger partial charge in [-0.25, -0.2) is 0 Å². The summed E-state index contributed by atoms with van der Waals surface area (Å²) in [6.07, 6.45) is 5.79. The van der Waals surface area contributed by atoms with E-state index in [0.29, 0.717) is 18.5 Å². The molecule has 0 spiro atoms. The van der Waals surface area contributed by atoms with E-state index < -0.39 is 0 Å². The molecule has 2 heterocycles. The Morgan fingerprint density at radius 1 is 1.14 bits per heavy atom. The van der Waals surface area contributed by atoms with Crippen LogP contribution in [0.25, 0.3) is 0 Å². The van der Waals surface area contributed by atoms with E-state index in [0.717, 1.165) is 11.4 Å². The van der Waals surface area contributed by atoms with Crippen LogP contribution >= 0.6 is 0 Å². The minimum atomic E-state index is 0.0596. The lowest BCUT2D eigenvalue weighted by molar-refractivity contribution is -0.115. The first-order chi connectivity index (χ1) is 10.3. The van der Waals surface area contributed by atoms with Crippen molar-refractivity contribution in [3.05, 3.63) is 24.3 Å². The zero-order chi connectivity index (χ0) is 14.7. The number of nitrogens with one attached hydrogen (secondary N) is 2. The third-order valence-corrected chi connectivity index (χ3v) is 4.70. The topological polar surface area (TPSA) is 44.4 Å². The minimum Gasteiger partial charge on any atom is -0.381 e. The molecule has 1 aromatic rings. The van der Waals surface area contributed by atoms with Gasteiger partial charge in [0, 0.05) is 36.4 Å². The van der Waals surface area contributed by atoms with Crippen LogP contribution in [0.2, 0.25) is 0 Å². The molecule has 0 radical (unpaired) electrons. The number of rotatable bonds is 4. The number of carbonyl (C=O) groups excluding carboxylic acids is 1. The van der Waals surface area contributed by atoms with E-state index in [2.05, 4.69) is 27.7 Å². The lowest BCUT2D eigenvalue weighted by Crippen LogP contribution is -2.41. The van der Waals surface area contributed by atoms with Gasteiger partial charge >= 0.3 is 0 Å². The first-order valence-corrected chi connectivity index (χ1v) is 8.17. The first kappa shape index (κ1) is 14.4. The molecule has 3 rings (SSSR count). The van der Waals surface area contributed by atoms with Crippen LogP contribution in [0.4, 0.5) is 11.4 Å². The second-order valence-electron chi connectivity index (χ2n) is 6.12. The third-order valence-electron chi connectivity index (χ3n) is 4.70. The van der Waals surface area contributed by atoms with Gasteiger partial charge in [-0.05, 0) is 50.1 Å². The lowest BCUT2D eigenvalue weighted by Gasteiger charge is -2.33. The second-order valence-corrected chi connectivity index (χ2v) is 6.12. The average Bonchev–Trinajstić information content (AvgIpc) is 2.92. The second kappa shape index (κ2) is 6.48.